The van der Waals surface area contributed by atoms with Gasteiger partial charge in [0.25, 0.3) is 11.8 Å². The van der Waals surface area contributed by atoms with E-state index in [9.17, 15) is 18.8 Å². The van der Waals surface area contributed by atoms with Crippen molar-refractivity contribution in [2.45, 2.75) is 33.7 Å². The van der Waals surface area contributed by atoms with Crippen LogP contribution in [0.4, 0.5) is 4.39 Å². The van der Waals surface area contributed by atoms with Crippen LogP contribution in [0.15, 0.2) is 24.3 Å². The number of amides is 2. The maximum atomic E-state index is 13.5. The Kier molecular flexibility index (Phi) is 6.62. The molecular formula is C22H25FN4O4. The number of halogens is 1. The molecule has 0 bridgehead atoms. The first-order chi connectivity index (χ1) is 14.7. The van der Waals surface area contributed by atoms with Gasteiger partial charge in [0.05, 0.1) is 12.3 Å². The van der Waals surface area contributed by atoms with Crippen LogP contribution in [-0.2, 0) is 4.74 Å². The Morgan fingerprint density at radius 2 is 1.90 bits per heavy atom. The fourth-order valence-electron chi connectivity index (χ4n) is 3.70. The molecule has 1 aliphatic heterocycles. The third-order valence-corrected chi connectivity index (χ3v) is 5.13. The highest BCUT2D eigenvalue weighted by Gasteiger charge is 2.34. The van der Waals surface area contributed by atoms with Gasteiger partial charge in [0, 0.05) is 31.2 Å². The molecular weight excluding hydrogens is 403 g/mol. The van der Waals surface area contributed by atoms with Gasteiger partial charge in [-0.3, -0.25) is 9.59 Å². The zero-order chi connectivity index (χ0) is 22.7. The van der Waals surface area contributed by atoms with Crippen molar-refractivity contribution in [3.8, 4) is 0 Å². The minimum atomic E-state index is -0.642. The van der Waals surface area contributed by atoms with Gasteiger partial charge in [-0.2, -0.15) is 0 Å². The number of ether oxygens (including phenoxy) is 1. The lowest BCUT2D eigenvalue weighted by atomic mass is 10.1. The van der Waals surface area contributed by atoms with Gasteiger partial charge in [-0.25, -0.2) is 19.2 Å². The van der Waals surface area contributed by atoms with E-state index in [2.05, 4.69) is 9.97 Å². The Morgan fingerprint density at radius 3 is 2.55 bits per heavy atom. The molecule has 1 aromatic heterocycles. The fraction of sp³-hybridized carbons (Fsp3) is 0.409. The second-order valence-electron chi connectivity index (χ2n) is 7.41. The van der Waals surface area contributed by atoms with Gasteiger partial charge in [-0.1, -0.05) is 6.07 Å². The van der Waals surface area contributed by atoms with Crippen molar-refractivity contribution in [3.05, 3.63) is 58.4 Å². The number of carbonyl (C=O) groups excluding carboxylic acids is 3. The number of aryl methyl sites for hydroxylation is 2. The van der Waals surface area contributed by atoms with Crippen LogP contribution in [0.5, 0.6) is 0 Å². The number of hydrogen-bond donors (Lipinski definition) is 0. The lowest BCUT2D eigenvalue weighted by Gasteiger charge is -2.40. The Hall–Kier alpha value is -3.36. The van der Waals surface area contributed by atoms with Gasteiger partial charge in [0.1, 0.15) is 22.9 Å². The van der Waals surface area contributed by atoms with Gasteiger partial charge < -0.3 is 14.5 Å². The quantitative estimate of drug-likeness (QED) is 0.695. The number of piperazine rings is 1. The molecule has 8 nitrogen and oxygen atoms in total. The number of rotatable bonds is 4. The molecule has 1 aromatic carbocycles. The van der Waals surface area contributed by atoms with E-state index in [1.165, 1.54) is 18.2 Å². The molecule has 1 saturated heterocycles. The van der Waals surface area contributed by atoms with Crippen molar-refractivity contribution in [3.63, 3.8) is 0 Å². The van der Waals surface area contributed by atoms with Gasteiger partial charge >= 0.3 is 5.97 Å². The van der Waals surface area contributed by atoms with Crippen LogP contribution in [0.25, 0.3) is 0 Å². The molecule has 31 heavy (non-hydrogen) atoms. The predicted octanol–water partition coefficient (Wildman–Crippen LogP) is 2.40. The highest BCUT2D eigenvalue weighted by Crippen LogP contribution is 2.20. The van der Waals surface area contributed by atoms with Crippen LogP contribution in [0.3, 0.4) is 0 Å². The van der Waals surface area contributed by atoms with Crippen molar-refractivity contribution in [1.82, 2.24) is 19.8 Å². The molecule has 1 aliphatic rings. The summed E-state index contributed by atoms with van der Waals surface area (Å²) in [5, 5.41) is 0. The average Bonchev–Trinajstić information content (AvgIpc) is 2.72. The highest BCUT2D eigenvalue weighted by molar-refractivity contribution is 6.04. The number of aromatic nitrogens is 2. The van der Waals surface area contributed by atoms with E-state index in [1.807, 2.05) is 6.92 Å². The third-order valence-electron chi connectivity index (χ3n) is 5.13. The second-order valence-corrected chi connectivity index (χ2v) is 7.41. The summed E-state index contributed by atoms with van der Waals surface area (Å²) in [5.74, 6) is -1.45. The maximum absolute atomic E-state index is 13.5. The smallest absolute Gasteiger partial charge is 0.342 e. The maximum Gasteiger partial charge on any atom is 0.342 e. The zero-order valence-corrected chi connectivity index (χ0v) is 18.0. The van der Waals surface area contributed by atoms with Crippen molar-refractivity contribution in [2.75, 3.05) is 26.2 Å². The number of carbonyl (C=O) groups is 3. The number of nitrogens with zero attached hydrogens (tertiary/aromatic N) is 4. The summed E-state index contributed by atoms with van der Waals surface area (Å²) in [6, 6.07) is 5.23. The molecule has 1 unspecified atom stereocenters. The van der Waals surface area contributed by atoms with Crippen LogP contribution in [0, 0.1) is 19.7 Å². The number of hydrogen-bond acceptors (Lipinski definition) is 6. The van der Waals surface area contributed by atoms with E-state index < -0.39 is 17.7 Å². The third kappa shape index (κ3) is 4.70. The summed E-state index contributed by atoms with van der Waals surface area (Å²) in [7, 11) is 0. The summed E-state index contributed by atoms with van der Waals surface area (Å²) >= 11 is 0. The summed E-state index contributed by atoms with van der Waals surface area (Å²) in [5.41, 5.74) is 0.699. The summed E-state index contributed by atoms with van der Waals surface area (Å²) < 4.78 is 18.6. The van der Waals surface area contributed by atoms with Crippen molar-refractivity contribution in [2.24, 2.45) is 0 Å². The van der Waals surface area contributed by atoms with Crippen molar-refractivity contribution < 1.29 is 23.5 Å². The first-order valence-corrected chi connectivity index (χ1v) is 10.1. The van der Waals surface area contributed by atoms with E-state index in [0.717, 1.165) is 0 Å². The Balaban J connectivity index is 1.81. The fourth-order valence-corrected chi connectivity index (χ4v) is 3.70. The summed E-state index contributed by atoms with van der Waals surface area (Å²) in [6.45, 7) is 7.74. The molecule has 0 radical (unpaired) electrons. The van der Waals surface area contributed by atoms with Gasteiger partial charge in [-0.05, 0) is 45.9 Å². The van der Waals surface area contributed by atoms with Gasteiger partial charge in [-0.15, -0.1) is 0 Å². The minimum absolute atomic E-state index is 0.000516. The number of esters is 1. The Labute approximate surface area is 180 Å². The lowest BCUT2D eigenvalue weighted by molar-refractivity contribution is 0.0405. The molecule has 1 atom stereocenters. The molecule has 0 N–H and O–H groups in total. The number of benzene rings is 1. The molecule has 0 spiro atoms. The molecule has 2 heterocycles. The van der Waals surface area contributed by atoms with Crippen LogP contribution in [0.1, 0.15) is 56.6 Å². The molecule has 2 aromatic rings. The van der Waals surface area contributed by atoms with Crippen molar-refractivity contribution >= 4 is 17.8 Å². The lowest BCUT2D eigenvalue weighted by Crippen LogP contribution is -2.55. The molecule has 2 amide bonds. The van der Waals surface area contributed by atoms with Gasteiger partial charge in [0.15, 0.2) is 0 Å². The Bertz CT molecular complexity index is 1030. The van der Waals surface area contributed by atoms with E-state index in [4.69, 9.17) is 4.74 Å². The second kappa shape index (κ2) is 9.20. The summed E-state index contributed by atoms with van der Waals surface area (Å²) in [4.78, 5) is 50.0. The highest BCUT2D eigenvalue weighted by atomic mass is 19.1. The molecule has 3 rings (SSSR count). The summed E-state index contributed by atoms with van der Waals surface area (Å²) in [6.07, 6.45) is 0. The topological polar surface area (TPSA) is 92.7 Å². The van der Waals surface area contributed by atoms with E-state index in [0.29, 0.717) is 11.5 Å². The first kappa shape index (κ1) is 22.3. The van der Waals surface area contributed by atoms with E-state index in [-0.39, 0.29) is 55.0 Å². The monoisotopic (exact) mass is 428 g/mol. The minimum Gasteiger partial charge on any atom is -0.462 e. The normalized spacial score (nSPS) is 16.2. The molecule has 9 heteroatoms. The molecule has 0 saturated carbocycles. The predicted molar refractivity (Wildman–Crippen MR) is 110 cm³/mol. The van der Waals surface area contributed by atoms with Crippen LogP contribution in [-0.4, -0.2) is 69.8 Å². The molecule has 164 valence electrons. The van der Waals surface area contributed by atoms with Gasteiger partial charge in [0.2, 0.25) is 0 Å². The van der Waals surface area contributed by atoms with Crippen LogP contribution < -0.4 is 0 Å². The molecule has 0 aliphatic carbocycles. The SMILES string of the molecule is CCOC(=O)c1c(C)nc(C)nc1C(=O)N1CCN(C(=O)c2cccc(F)c2)C(C)C1. The molecule has 1 fully saturated rings. The Morgan fingerprint density at radius 1 is 1.16 bits per heavy atom. The van der Waals surface area contributed by atoms with Crippen molar-refractivity contribution in [1.29, 1.82) is 0 Å². The van der Waals surface area contributed by atoms with E-state index >= 15 is 0 Å². The average molecular weight is 428 g/mol. The zero-order valence-electron chi connectivity index (χ0n) is 18.0. The standard InChI is InChI=1S/C22H25FN4O4/c1-5-31-22(30)18-14(3)24-15(4)25-19(18)21(29)26-9-10-27(13(2)12-26)20(28)16-7-6-8-17(23)11-16/h6-8,11,13H,5,9-10,12H2,1-4H3. The van der Waals surface area contributed by atoms with E-state index in [1.54, 1.807) is 36.6 Å². The van der Waals surface area contributed by atoms with Crippen LogP contribution >= 0.6 is 0 Å². The van der Waals surface area contributed by atoms with Crippen LogP contribution in [0.2, 0.25) is 0 Å². The first-order valence-electron chi connectivity index (χ1n) is 10.1. The largest absolute Gasteiger partial charge is 0.462 e.